The molecule has 3 aromatic rings. The summed E-state index contributed by atoms with van der Waals surface area (Å²) in [6.07, 6.45) is 0. The molecule has 3 rings (SSSR count). The molecule has 0 spiro atoms. The summed E-state index contributed by atoms with van der Waals surface area (Å²) in [6.45, 7) is 3.93. The number of rotatable bonds is 5. The zero-order chi connectivity index (χ0) is 19.7. The number of phenolic OH excluding ortho intramolecular Hbond substituents is 1. The molecule has 0 fully saturated rings. The van der Waals surface area contributed by atoms with E-state index < -0.39 is 16.6 Å². The summed E-state index contributed by atoms with van der Waals surface area (Å²) in [5.41, 5.74) is 1.24. The average Bonchev–Trinajstić information content (AvgIpc) is 3.18. The second-order valence-corrected chi connectivity index (χ2v) is 6.20. The lowest BCUT2D eigenvalue weighted by Gasteiger charge is -2.05. The van der Waals surface area contributed by atoms with Crippen LogP contribution in [-0.4, -0.2) is 25.7 Å². The molecule has 0 aliphatic heterocycles. The minimum absolute atomic E-state index is 0.0235. The van der Waals surface area contributed by atoms with Crippen LogP contribution in [0.3, 0.4) is 0 Å². The van der Waals surface area contributed by atoms with Crippen molar-refractivity contribution in [3.05, 3.63) is 68.4 Å². The highest BCUT2D eigenvalue weighted by molar-refractivity contribution is 6.31. The summed E-state index contributed by atoms with van der Waals surface area (Å²) in [5, 5.41) is 27.8. The number of hydrogen-bond acceptors (Lipinski definition) is 6. The minimum atomic E-state index is -0.643. The molecule has 0 aliphatic carbocycles. The van der Waals surface area contributed by atoms with Crippen LogP contribution < -0.4 is 5.32 Å². The van der Waals surface area contributed by atoms with Crippen molar-refractivity contribution >= 4 is 28.9 Å². The normalized spacial score (nSPS) is 10.8. The summed E-state index contributed by atoms with van der Waals surface area (Å²) in [4.78, 5) is 22.3. The van der Waals surface area contributed by atoms with E-state index in [1.807, 2.05) is 6.92 Å². The van der Waals surface area contributed by atoms with Crippen molar-refractivity contribution in [3.8, 4) is 5.75 Å². The Kier molecular flexibility index (Phi) is 4.87. The van der Waals surface area contributed by atoms with Gasteiger partial charge in [-0.1, -0.05) is 11.6 Å². The van der Waals surface area contributed by atoms with Crippen LogP contribution in [0.25, 0.3) is 0 Å². The third-order valence-corrected chi connectivity index (χ3v) is 4.47. The van der Waals surface area contributed by atoms with Gasteiger partial charge < -0.3 is 14.8 Å². The largest absolute Gasteiger partial charge is 0.506 e. The average molecular weight is 391 g/mol. The zero-order valence-electron chi connectivity index (χ0n) is 14.4. The van der Waals surface area contributed by atoms with Crippen molar-refractivity contribution in [2.24, 2.45) is 0 Å². The van der Waals surface area contributed by atoms with Gasteiger partial charge in [-0.15, -0.1) is 0 Å². The predicted molar refractivity (Wildman–Crippen MR) is 97.2 cm³/mol. The molecule has 0 saturated carbocycles. The molecule has 27 heavy (non-hydrogen) atoms. The molecule has 0 bridgehead atoms. The number of aryl methyl sites for hydroxylation is 1. The van der Waals surface area contributed by atoms with E-state index in [1.54, 1.807) is 17.7 Å². The Labute approximate surface area is 158 Å². The molecular weight excluding hydrogens is 376 g/mol. The van der Waals surface area contributed by atoms with Gasteiger partial charge in [-0.2, -0.15) is 5.10 Å². The van der Waals surface area contributed by atoms with Gasteiger partial charge in [-0.05, 0) is 32.0 Å². The maximum atomic E-state index is 12.3. The minimum Gasteiger partial charge on any atom is -0.506 e. The number of nitrogens with zero attached hydrogens (tertiary/aromatic N) is 3. The number of carbonyl (C=O) groups is 1. The molecule has 10 heteroatoms. The number of amides is 1. The van der Waals surface area contributed by atoms with E-state index in [-0.39, 0.29) is 17.1 Å². The summed E-state index contributed by atoms with van der Waals surface area (Å²) >= 11 is 6.11. The van der Waals surface area contributed by atoms with Gasteiger partial charge in [0.2, 0.25) is 0 Å². The molecular formula is C17H15ClN4O5. The van der Waals surface area contributed by atoms with Crippen molar-refractivity contribution in [1.82, 2.24) is 9.78 Å². The van der Waals surface area contributed by atoms with Crippen LogP contribution >= 0.6 is 11.6 Å². The molecule has 0 aliphatic rings. The molecule has 0 atom stereocenters. The third-order valence-electron chi connectivity index (χ3n) is 3.92. The predicted octanol–water partition coefficient (Wildman–Crippen LogP) is 3.66. The highest BCUT2D eigenvalue weighted by Crippen LogP contribution is 2.28. The number of nitro groups is 1. The van der Waals surface area contributed by atoms with Crippen LogP contribution in [0.4, 0.5) is 11.4 Å². The number of halogens is 1. The second-order valence-electron chi connectivity index (χ2n) is 5.82. The molecule has 140 valence electrons. The van der Waals surface area contributed by atoms with Gasteiger partial charge in [-0.25, -0.2) is 0 Å². The number of nitrogens with one attached hydrogen (secondary N) is 1. The molecule has 0 unspecified atom stereocenters. The summed E-state index contributed by atoms with van der Waals surface area (Å²) < 4.78 is 7.19. The number of hydrogen-bond donors (Lipinski definition) is 2. The Morgan fingerprint density at radius 2 is 2.11 bits per heavy atom. The fourth-order valence-corrected chi connectivity index (χ4v) is 2.62. The maximum absolute atomic E-state index is 12.3. The number of nitro benzene ring substituents is 1. The number of benzene rings is 1. The van der Waals surface area contributed by atoms with Crippen LogP contribution in [-0.2, 0) is 6.54 Å². The second kappa shape index (κ2) is 7.12. The van der Waals surface area contributed by atoms with Crippen LogP contribution in [0.15, 0.2) is 34.7 Å². The number of carbonyl (C=O) groups excluding carboxylic acids is 1. The number of aromatic nitrogens is 2. The van der Waals surface area contributed by atoms with Gasteiger partial charge in [0, 0.05) is 6.07 Å². The van der Waals surface area contributed by atoms with Gasteiger partial charge in [-0.3, -0.25) is 19.6 Å². The van der Waals surface area contributed by atoms with E-state index in [2.05, 4.69) is 10.4 Å². The molecule has 1 amide bonds. The van der Waals surface area contributed by atoms with Crippen molar-refractivity contribution in [2.75, 3.05) is 5.32 Å². The lowest BCUT2D eigenvalue weighted by molar-refractivity contribution is -0.384. The molecule has 2 N–H and O–H groups in total. The number of aromatic hydroxyl groups is 1. The Bertz CT molecular complexity index is 1040. The number of furan rings is 1. The van der Waals surface area contributed by atoms with Gasteiger partial charge in [0.1, 0.15) is 11.5 Å². The maximum Gasteiger partial charge on any atom is 0.291 e. The SMILES string of the molecule is Cc1nn(Cc2ccc(C(=O)Nc3ccc([N+](=O)[O-])cc3O)o2)c(C)c1Cl. The van der Waals surface area contributed by atoms with Crippen LogP contribution in [0.5, 0.6) is 5.75 Å². The summed E-state index contributed by atoms with van der Waals surface area (Å²) in [7, 11) is 0. The van der Waals surface area contributed by atoms with E-state index in [4.69, 9.17) is 16.0 Å². The number of anilines is 1. The fraction of sp³-hybridized carbons (Fsp3) is 0.176. The molecule has 0 radical (unpaired) electrons. The third kappa shape index (κ3) is 3.77. The first-order valence-electron chi connectivity index (χ1n) is 7.83. The van der Waals surface area contributed by atoms with E-state index >= 15 is 0 Å². The number of non-ortho nitro benzene ring substituents is 1. The van der Waals surface area contributed by atoms with Gasteiger partial charge in [0.15, 0.2) is 5.76 Å². The lowest BCUT2D eigenvalue weighted by atomic mass is 10.2. The van der Waals surface area contributed by atoms with Crippen LogP contribution in [0.2, 0.25) is 5.02 Å². The smallest absolute Gasteiger partial charge is 0.291 e. The highest BCUT2D eigenvalue weighted by atomic mass is 35.5. The lowest BCUT2D eigenvalue weighted by Crippen LogP contribution is -2.11. The quantitative estimate of drug-likeness (QED) is 0.389. The van der Waals surface area contributed by atoms with E-state index in [1.165, 1.54) is 18.2 Å². The summed E-state index contributed by atoms with van der Waals surface area (Å²) in [6, 6.07) is 6.49. The van der Waals surface area contributed by atoms with Crippen molar-refractivity contribution in [2.45, 2.75) is 20.4 Å². The van der Waals surface area contributed by atoms with Gasteiger partial charge >= 0.3 is 0 Å². The molecule has 1 aromatic carbocycles. The molecule has 0 saturated heterocycles. The Morgan fingerprint density at radius 1 is 1.37 bits per heavy atom. The molecule has 2 aromatic heterocycles. The number of phenols is 1. The van der Waals surface area contributed by atoms with Crippen molar-refractivity contribution in [1.29, 1.82) is 0 Å². The first kappa shape index (κ1) is 18.5. The molecule has 2 heterocycles. The van der Waals surface area contributed by atoms with E-state index in [0.717, 1.165) is 11.8 Å². The van der Waals surface area contributed by atoms with Crippen molar-refractivity contribution < 1.29 is 19.2 Å². The fourth-order valence-electron chi connectivity index (χ4n) is 2.48. The topological polar surface area (TPSA) is 123 Å². The van der Waals surface area contributed by atoms with E-state index in [0.29, 0.717) is 23.0 Å². The molecule has 9 nitrogen and oxygen atoms in total. The zero-order valence-corrected chi connectivity index (χ0v) is 15.1. The van der Waals surface area contributed by atoms with Gasteiger partial charge in [0.05, 0.1) is 39.6 Å². The first-order valence-corrected chi connectivity index (χ1v) is 8.21. The van der Waals surface area contributed by atoms with Crippen LogP contribution in [0, 0.1) is 24.0 Å². The van der Waals surface area contributed by atoms with Crippen molar-refractivity contribution in [3.63, 3.8) is 0 Å². The Hall–Kier alpha value is -3.33. The summed E-state index contributed by atoms with van der Waals surface area (Å²) in [5.74, 6) is -0.496. The first-order chi connectivity index (χ1) is 12.8. The highest BCUT2D eigenvalue weighted by Gasteiger charge is 2.17. The standard InChI is InChI=1S/C17H15ClN4O5/c1-9-16(18)10(2)21(20-9)8-12-4-6-15(27-12)17(24)19-13-5-3-11(22(25)26)7-14(13)23/h3-7,23H,8H2,1-2H3,(H,19,24). The van der Waals surface area contributed by atoms with E-state index in [9.17, 15) is 20.0 Å². The monoisotopic (exact) mass is 390 g/mol. The van der Waals surface area contributed by atoms with Gasteiger partial charge in [0.25, 0.3) is 11.6 Å². The Balaban J connectivity index is 1.73. The Morgan fingerprint density at radius 3 is 2.70 bits per heavy atom. The van der Waals surface area contributed by atoms with Crippen LogP contribution in [0.1, 0.15) is 27.7 Å².